The van der Waals surface area contributed by atoms with Crippen LogP contribution in [0.25, 0.3) is 6.08 Å². The van der Waals surface area contributed by atoms with Crippen molar-refractivity contribution in [2.75, 3.05) is 0 Å². The minimum Gasteiger partial charge on any atom is -0.425 e. The first-order chi connectivity index (χ1) is 10.0. The molecule has 1 saturated carbocycles. The summed E-state index contributed by atoms with van der Waals surface area (Å²) in [4.78, 5) is 34.4. The highest BCUT2D eigenvalue weighted by Gasteiger charge is 2.32. The van der Waals surface area contributed by atoms with Crippen LogP contribution < -0.4 is 10.1 Å². The number of rotatable bonds is 3. The first-order valence-corrected chi connectivity index (χ1v) is 7.48. The van der Waals surface area contributed by atoms with Gasteiger partial charge in [0.1, 0.15) is 5.75 Å². The quantitative estimate of drug-likeness (QED) is 0.526. The van der Waals surface area contributed by atoms with Gasteiger partial charge >= 0.3 is 5.97 Å². The van der Waals surface area contributed by atoms with E-state index in [1.165, 1.54) is 0 Å². The third kappa shape index (κ3) is 3.28. The number of thioether (sulfide) groups is 1. The van der Waals surface area contributed by atoms with Crippen LogP contribution in [0.15, 0.2) is 23.1 Å². The summed E-state index contributed by atoms with van der Waals surface area (Å²) in [6.45, 7) is 0. The molecule has 1 N–H and O–H groups in total. The van der Waals surface area contributed by atoms with Crippen molar-refractivity contribution in [3.05, 3.63) is 33.7 Å². The van der Waals surface area contributed by atoms with Crippen molar-refractivity contribution in [1.29, 1.82) is 0 Å². The van der Waals surface area contributed by atoms with Crippen molar-refractivity contribution in [2.24, 2.45) is 5.92 Å². The van der Waals surface area contributed by atoms with Crippen LogP contribution in [0, 0.1) is 5.92 Å². The van der Waals surface area contributed by atoms with E-state index in [-0.39, 0.29) is 16.9 Å². The van der Waals surface area contributed by atoms with E-state index in [9.17, 15) is 14.4 Å². The fraction of sp³-hybridized carbons (Fsp3) is 0.214. The van der Waals surface area contributed by atoms with Crippen molar-refractivity contribution >= 4 is 46.6 Å². The molecule has 1 aliphatic carbocycles. The summed E-state index contributed by atoms with van der Waals surface area (Å²) in [6, 6.07) is 4.83. The van der Waals surface area contributed by atoms with Crippen LogP contribution in [0.4, 0.5) is 4.79 Å². The van der Waals surface area contributed by atoms with Crippen LogP contribution in [0.1, 0.15) is 18.4 Å². The van der Waals surface area contributed by atoms with Gasteiger partial charge in [-0.1, -0.05) is 17.7 Å². The predicted octanol–water partition coefficient (Wildman–Crippen LogP) is 2.98. The molecule has 1 heterocycles. The Bertz CT molecular complexity index is 682. The highest BCUT2D eigenvalue weighted by molar-refractivity contribution is 8.18. The zero-order chi connectivity index (χ0) is 15.0. The Morgan fingerprint density at radius 3 is 2.71 bits per heavy atom. The number of benzene rings is 1. The molecule has 5 nitrogen and oxygen atoms in total. The maximum Gasteiger partial charge on any atom is 0.314 e. The van der Waals surface area contributed by atoms with Crippen molar-refractivity contribution in [1.82, 2.24) is 5.32 Å². The Morgan fingerprint density at radius 2 is 2.14 bits per heavy atom. The molecule has 21 heavy (non-hydrogen) atoms. The average molecular weight is 324 g/mol. The van der Waals surface area contributed by atoms with E-state index in [0.29, 0.717) is 16.2 Å². The zero-order valence-corrected chi connectivity index (χ0v) is 12.3. The Labute approximate surface area is 129 Å². The van der Waals surface area contributed by atoms with Crippen molar-refractivity contribution in [3.8, 4) is 5.75 Å². The molecular weight excluding hydrogens is 314 g/mol. The number of halogens is 1. The molecule has 0 atom stereocenters. The number of carbonyl (C=O) groups excluding carboxylic acids is 3. The molecule has 0 aromatic heterocycles. The number of amides is 2. The minimum atomic E-state index is -0.426. The lowest BCUT2D eigenvalue weighted by Gasteiger charge is -2.06. The predicted molar refractivity (Wildman–Crippen MR) is 78.9 cm³/mol. The number of imide groups is 1. The smallest absolute Gasteiger partial charge is 0.314 e. The Balaban J connectivity index is 1.77. The molecule has 7 heteroatoms. The van der Waals surface area contributed by atoms with Gasteiger partial charge in [-0.2, -0.15) is 0 Å². The standard InChI is InChI=1S/C14H10ClNO4S/c15-9-5-7(6-11-12(17)16-14(19)21-11)1-4-10(9)20-13(18)8-2-3-8/h1,4-6,8H,2-3H2,(H,16,17,19)/b11-6-. The number of ether oxygens (including phenoxy) is 1. The number of hydrogen-bond acceptors (Lipinski definition) is 5. The van der Waals surface area contributed by atoms with Crippen molar-refractivity contribution < 1.29 is 19.1 Å². The average Bonchev–Trinajstić information content (AvgIpc) is 3.21. The summed E-state index contributed by atoms with van der Waals surface area (Å²) in [5, 5.41) is 2.06. The lowest BCUT2D eigenvalue weighted by Crippen LogP contribution is -2.17. The summed E-state index contributed by atoms with van der Waals surface area (Å²) in [5.41, 5.74) is 0.651. The van der Waals surface area contributed by atoms with Crippen LogP contribution in [0.2, 0.25) is 5.02 Å². The van der Waals surface area contributed by atoms with E-state index in [1.54, 1.807) is 24.3 Å². The molecule has 0 radical (unpaired) electrons. The van der Waals surface area contributed by atoms with Gasteiger partial charge in [-0.15, -0.1) is 0 Å². The Morgan fingerprint density at radius 1 is 1.38 bits per heavy atom. The molecule has 1 aromatic carbocycles. The third-order valence-corrected chi connectivity index (χ3v) is 4.12. The highest BCUT2D eigenvalue weighted by Crippen LogP contribution is 2.34. The lowest BCUT2D eigenvalue weighted by atomic mass is 10.2. The van der Waals surface area contributed by atoms with E-state index in [2.05, 4.69) is 5.32 Å². The second-order valence-corrected chi connectivity index (χ2v) is 6.16. The number of carbonyl (C=O) groups is 3. The molecule has 1 aliphatic heterocycles. The fourth-order valence-corrected chi connectivity index (χ4v) is 2.68. The first kappa shape index (κ1) is 14.2. The van der Waals surface area contributed by atoms with Gasteiger partial charge in [0.25, 0.3) is 11.1 Å². The SMILES string of the molecule is O=C1NC(=O)/C(=C/c2ccc(OC(=O)C3CC3)c(Cl)c2)S1. The van der Waals surface area contributed by atoms with Crippen molar-refractivity contribution in [3.63, 3.8) is 0 Å². The van der Waals surface area contributed by atoms with Gasteiger partial charge in [0.05, 0.1) is 15.8 Å². The maximum absolute atomic E-state index is 11.6. The van der Waals surface area contributed by atoms with Gasteiger partial charge in [0.15, 0.2) is 0 Å². The molecular formula is C14H10ClNO4S. The first-order valence-electron chi connectivity index (χ1n) is 6.29. The second-order valence-electron chi connectivity index (χ2n) is 4.74. The number of hydrogen-bond donors (Lipinski definition) is 1. The summed E-state index contributed by atoms with van der Waals surface area (Å²) in [5.74, 6) is -0.396. The van der Waals surface area contributed by atoms with E-state index < -0.39 is 11.1 Å². The van der Waals surface area contributed by atoms with Gasteiger partial charge in [-0.05, 0) is 48.4 Å². The molecule has 3 rings (SSSR count). The number of nitrogens with one attached hydrogen (secondary N) is 1. The lowest BCUT2D eigenvalue weighted by molar-refractivity contribution is -0.135. The number of esters is 1. The summed E-state index contributed by atoms with van der Waals surface area (Å²) in [6.07, 6.45) is 3.28. The minimum absolute atomic E-state index is 0.00698. The summed E-state index contributed by atoms with van der Waals surface area (Å²) in [7, 11) is 0. The van der Waals surface area contributed by atoms with Crippen molar-refractivity contribution in [2.45, 2.75) is 12.8 Å². The van der Waals surface area contributed by atoms with E-state index in [4.69, 9.17) is 16.3 Å². The van der Waals surface area contributed by atoms with Crippen LogP contribution in [0.5, 0.6) is 5.75 Å². The Kier molecular flexibility index (Phi) is 3.73. The van der Waals surface area contributed by atoms with Crippen LogP contribution in [-0.2, 0) is 9.59 Å². The molecule has 2 amide bonds. The van der Waals surface area contributed by atoms with Crippen LogP contribution in [0.3, 0.4) is 0 Å². The molecule has 1 saturated heterocycles. The van der Waals surface area contributed by atoms with Gasteiger partial charge < -0.3 is 4.74 Å². The van der Waals surface area contributed by atoms with Gasteiger partial charge in [0, 0.05) is 0 Å². The van der Waals surface area contributed by atoms with Crippen LogP contribution in [-0.4, -0.2) is 17.1 Å². The molecule has 2 fully saturated rings. The molecule has 0 spiro atoms. The highest BCUT2D eigenvalue weighted by atomic mass is 35.5. The van der Waals surface area contributed by atoms with Gasteiger partial charge in [0.2, 0.25) is 0 Å². The fourth-order valence-electron chi connectivity index (χ4n) is 1.77. The molecule has 0 unspecified atom stereocenters. The van der Waals surface area contributed by atoms with Crippen LogP contribution >= 0.6 is 23.4 Å². The second kappa shape index (κ2) is 5.54. The van der Waals surface area contributed by atoms with Gasteiger partial charge in [-0.25, -0.2) is 0 Å². The molecule has 1 aromatic rings. The zero-order valence-electron chi connectivity index (χ0n) is 10.7. The molecule has 2 aliphatic rings. The monoisotopic (exact) mass is 323 g/mol. The Hall–Kier alpha value is -1.79. The van der Waals surface area contributed by atoms with Gasteiger partial charge in [-0.3, -0.25) is 19.7 Å². The largest absolute Gasteiger partial charge is 0.425 e. The maximum atomic E-state index is 11.6. The summed E-state index contributed by atoms with van der Waals surface area (Å²) < 4.78 is 5.20. The summed E-state index contributed by atoms with van der Waals surface area (Å²) >= 11 is 6.90. The topological polar surface area (TPSA) is 72.5 Å². The molecule has 0 bridgehead atoms. The normalized spacial score (nSPS) is 19.8. The van der Waals surface area contributed by atoms with E-state index >= 15 is 0 Å². The van der Waals surface area contributed by atoms with E-state index in [0.717, 1.165) is 24.6 Å². The van der Waals surface area contributed by atoms with E-state index in [1.807, 2.05) is 0 Å². The third-order valence-electron chi connectivity index (χ3n) is 3.02. The molecule has 108 valence electrons.